The standard InChI is InChI=1S/C15H22N2O/c1-2-4-14(5-3-1)18-15-8-9-16-13(10-15)11-17-12-6-7-12/h8-10,12,14,17H,1-7,11H2. The lowest BCUT2D eigenvalue weighted by Gasteiger charge is -2.23. The smallest absolute Gasteiger partial charge is 0.123 e. The van der Waals surface area contributed by atoms with Gasteiger partial charge in [-0.05, 0) is 44.6 Å². The fraction of sp³-hybridized carbons (Fsp3) is 0.667. The van der Waals surface area contributed by atoms with Gasteiger partial charge in [0.1, 0.15) is 5.75 Å². The van der Waals surface area contributed by atoms with E-state index in [0.29, 0.717) is 6.10 Å². The Bertz CT molecular complexity index is 384. The Kier molecular flexibility index (Phi) is 3.79. The number of nitrogens with one attached hydrogen (secondary N) is 1. The van der Waals surface area contributed by atoms with Gasteiger partial charge in [0, 0.05) is 24.8 Å². The topological polar surface area (TPSA) is 34.1 Å². The van der Waals surface area contributed by atoms with Gasteiger partial charge in [0.15, 0.2) is 0 Å². The molecule has 0 aliphatic heterocycles. The van der Waals surface area contributed by atoms with Gasteiger partial charge in [0.25, 0.3) is 0 Å². The van der Waals surface area contributed by atoms with Crippen LogP contribution in [0.4, 0.5) is 0 Å². The van der Waals surface area contributed by atoms with Gasteiger partial charge < -0.3 is 10.1 Å². The second-order valence-electron chi connectivity index (χ2n) is 5.52. The molecular formula is C15H22N2O. The van der Waals surface area contributed by atoms with Crippen LogP contribution in [0.3, 0.4) is 0 Å². The fourth-order valence-corrected chi connectivity index (χ4v) is 2.54. The molecule has 0 atom stereocenters. The van der Waals surface area contributed by atoms with Crippen molar-refractivity contribution in [2.24, 2.45) is 0 Å². The quantitative estimate of drug-likeness (QED) is 0.867. The van der Waals surface area contributed by atoms with Crippen molar-refractivity contribution in [2.75, 3.05) is 0 Å². The predicted octanol–water partition coefficient (Wildman–Crippen LogP) is 3.05. The Morgan fingerprint density at radius 1 is 1.17 bits per heavy atom. The Hall–Kier alpha value is -1.09. The zero-order chi connectivity index (χ0) is 12.2. The van der Waals surface area contributed by atoms with Crippen LogP contribution < -0.4 is 10.1 Å². The van der Waals surface area contributed by atoms with E-state index in [1.54, 1.807) is 0 Å². The van der Waals surface area contributed by atoms with Crippen molar-refractivity contribution in [3.05, 3.63) is 24.0 Å². The molecule has 98 valence electrons. The summed E-state index contributed by atoms with van der Waals surface area (Å²) in [7, 11) is 0. The molecule has 1 aromatic heterocycles. The van der Waals surface area contributed by atoms with Gasteiger partial charge in [0.2, 0.25) is 0 Å². The number of pyridine rings is 1. The van der Waals surface area contributed by atoms with Crippen LogP contribution in [0.2, 0.25) is 0 Å². The molecule has 3 rings (SSSR count). The Balaban J connectivity index is 1.55. The molecule has 2 fully saturated rings. The fourth-order valence-electron chi connectivity index (χ4n) is 2.54. The number of rotatable bonds is 5. The minimum Gasteiger partial charge on any atom is -0.490 e. The second kappa shape index (κ2) is 5.70. The van der Waals surface area contributed by atoms with E-state index in [2.05, 4.69) is 16.4 Å². The van der Waals surface area contributed by atoms with Crippen LogP contribution in [0.1, 0.15) is 50.6 Å². The number of hydrogen-bond donors (Lipinski definition) is 1. The molecule has 1 heterocycles. The summed E-state index contributed by atoms with van der Waals surface area (Å²) in [4.78, 5) is 4.39. The van der Waals surface area contributed by atoms with Crippen LogP contribution in [-0.4, -0.2) is 17.1 Å². The summed E-state index contributed by atoms with van der Waals surface area (Å²) < 4.78 is 6.05. The third-order valence-electron chi connectivity index (χ3n) is 3.79. The molecule has 0 spiro atoms. The van der Waals surface area contributed by atoms with Gasteiger partial charge in [-0.2, -0.15) is 0 Å². The molecule has 2 saturated carbocycles. The monoisotopic (exact) mass is 246 g/mol. The molecule has 2 aliphatic rings. The summed E-state index contributed by atoms with van der Waals surface area (Å²) in [5.41, 5.74) is 1.09. The first-order valence-electron chi connectivity index (χ1n) is 7.25. The highest BCUT2D eigenvalue weighted by Crippen LogP contribution is 2.24. The van der Waals surface area contributed by atoms with Gasteiger partial charge in [-0.15, -0.1) is 0 Å². The molecule has 0 radical (unpaired) electrons. The van der Waals surface area contributed by atoms with Gasteiger partial charge >= 0.3 is 0 Å². The van der Waals surface area contributed by atoms with Crippen LogP contribution in [0.15, 0.2) is 18.3 Å². The molecule has 0 unspecified atom stereocenters. The molecule has 0 amide bonds. The van der Waals surface area contributed by atoms with E-state index in [-0.39, 0.29) is 0 Å². The van der Waals surface area contributed by atoms with E-state index < -0.39 is 0 Å². The maximum Gasteiger partial charge on any atom is 0.123 e. The first-order chi connectivity index (χ1) is 8.90. The lowest BCUT2D eigenvalue weighted by Crippen LogP contribution is -2.20. The van der Waals surface area contributed by atoms with Gasteiger partial charge in [-0.25, -0.2) is 0 Å². The molecule has 0 bridgehead atoms. The number of hydrogen-bond acceptors (Lipinski definition) is 3. The van der Waals surface area contributed by atoms with Crippen molar-refractivity contribution in [3.8, 4) is 5.75 Å². The summed E-state index contributed by atoms with van der Waals surface area (Å²) >= 11 is 0. The molecular weight excluding hydrogens is 224 g/mol. The van der Waals surface area contributed by atoms with Crippen molar-refractivity contribution < 1.29 is 4.74 Å². The van der Waals surface area contributed by atoms with Crippen molar-refractivity contribution in [1.29, 1.82) is 0 Å². The highest BCUT2D eigenvalue weighted by atomic mass is 16.5. The van der Waals surface area contributed by atoms with Crippen molar-refractivity contribution in [2.45, 2.75) is 63.6 Å². The van der Waals surface area contributed by atoms with E-state index in [4.69, 9.17) is 4.74 Å². The van der Waals surface area contributed by atoms with E-state index >= 15 is 0 Å². The SMILES string of the molecule is c1cc(OC2CCCCC2)cc(CNC2CC2)n1. The summed E-state index contributed by atoms with van der Waals surface area (Å²) in [5, 5.41) is 3.49. The minimum atomic E-state index is 0.422. The molecule has 1 aromatic rings. The molecule has 2 aliphatic carbocycles. The zero-order valence-electron chi connectivity index (χ0n) is 10.9. The number of aromatic nitrogens is 1. The maximum absolute atomic E-state index is 6.05. The third kappa shape index (κ3) is 3.45. The summed E-state index contributed by atoms with van der Waals surface area (Å²) in [6, 6.07) is 4.80. The van der Waals surface area contributed by atoms with Gasteiger partial charge in [-0.1, -0.05) is 6.42 Å². The molecule has 1 N–H and O–H groups in total. The summed E-state index contributed by atoms with van der Waals surface area (Å²) in [6.45, 7) is 0.868. The maximum atomic E-state index is 6.05. The summed E-state index contributed by atoms with van der Waals surface area (Å²) in [6.07, 6.45) is 11.3. The predicted molar refractivity (Wildman–Crippen MR) is 71.6 cm³/mol. The largest absolute Gasteiger partial charge is 0.490 e. The molecule has 0 saturated heterocycles. The number of nitrogens with zero attached hydrogens (tertiary/aromatic N) is 1. The summed E-state index contributed by atoms with van der Waals surface area (Å²) in [5.74, 6) is 0.990. The van der Waals surface area contributed by atoms with E-state index in [1.807, 2.05) is 12.3 Å². The van der Waals surface area contributed by atoms with E-state index in [1.165, 1.54) is 44.9 Å². The average molecular weight is 246 g/mol. The Morgan fingerprint density at radius 2 is 2.00 bits per heavy atom. The second-order valence-corrected chi connectivity index (χ2v) is 5.52. The van der Waals surface area contributed by atoms with Crippen LogP contribution in [0, 0.1) is 0 Å². The normalized spacial score (nSPS) is 20.9. The van der Waals surface area contributed by atoms with Crippen molar-refractivity contribution in [3.63, 3.8) is 0 Å². The van der Waals surface area contributed by atoms with E-state index in [9.17, 15) is 0 Å². The zero-order valence-corrected chi connectivity index (χ0v) is 10.9. The van der Waals surface area contributed by atoms with Crippen LogP contribution in [0.25, 0.3) is 0 Å². The third-order valence-corrected chi connectivity index (χ3v) is 3.79. The van der Waals surface area contributed by atoms with Gasteiger partial charge in [-0.3, -0.25) is 4.98 Å². The van der Waals surface area contributed by atoms with Crippen LogP contribution in [0.5, 0.6) is 5.75 Å². The highest BCUT2D eigenvalue weighted by Gasteiger charge is 2.20. The minimum absolute atomic E-state index is 0.422. The molecule has 3 heteroatoms. The lowest BCUT2D eigenvalue weighted by atomic mass is 9.98. The number of ether oxygens (including phenoxy) is 1. The first kappa shape index (κ1) is 12.0. The molecule has 18 heavy (non-hydrogen) atoms. The molecule has 0 aromatic carbocycles. The Labute approximate surface area is 109 Å². The highest BCUT2D eigenvalue weighted by molar-refractivity contribution is 5.23. The van der Waals surface area contributed by atoms with E-state index in [0.717, 1.165) is 24.0 Å². The lowest BCUT2D eigenvalue weighted by molar-refractivity contribution is 0.154. The van der Waals surface area contributed by atoms with Crippen LogP contribution >= 0.6 is 0 Å². The Morgan fingerprint density at radius 3 is 2.78 bits per heavy atom. The van der Waals surface area contributed by atoms with Crippen molar-refractivity contribution >= 4 is 0 Å². The average Bonchev–Trinajstić information content (AvgIpc) is 3.22. The first-order valence-corrected chi connectivity index (χ1v) is 7.25. The molecule has 3 nitrogen and oxygen atoms in total. The van der Waals surface area contributed by atoms with Crippen molar-refractivity contribution in [1.82, 2.24) is 10.3 Å². The van der Waals surface area contributed by atoms with Crippen LogP contribution in [-0.2, 0) is 6.54 Å². The van der Waals surface area contributed by atoms with Gasteiger partial charge in [0.05, 0.1) is 11.8 Å².